The van der Waals surface area contributed by atoms with Crippen molar-refractivity contribution in [1.82, 2.24) is 0 Å². The van der Waals surface area contributed by atoms with Gasteiger partial charge in [-0.3, -0.25) is 9.52 Å². The van der Waals surface area contributed by atoms with E-state index >= 15 is 0 Å². The zero-order valence-corrected chi connectivity index (χ0v) is 16.3. The summed E-state index contributed by atoms with van der Waals surface area (Å²) in [5, 5.41) is 0. The Hall–Kier alpha value is -1.86. The van der Waals surface area contributed by atoms with Crippen LogP contribution in [0, 0.1) is 12.8 Å². The largest absolute Gasteiger partial charge is 0.312 e. The Morgan fingerprint density at radius 1 is 1.19 bits per heavy atom. The Morgan fingerprint density at radius 2 is 1.96 bits per heavy atom. The lowest BCUT2D eigenvalue weighted by Crippen LogP contribution is -2.33. The first-order valence-corrected chi connectivity index (χ1v) is 11.3. The van der Waals surface area contributed by atoms with Gasteiger partial charge in [0, 0.05) is 28.7 Å². The van der Waals surface area contributed by atoms with Crippen molar-refractivity contribution in [2.24, 2.45) is 5.92 Å². The summed E-state index contributed by atoms with van der Waals surface area (Å²) >= 11 is 1.25. The van der Waals surface area contributed by atoms with Gasteiger partial charge in [0.15, 0.2) is 0 Å². The maximum Gasteiger partial charge on any atom is 0.271 e. The quantitative estimate of drug-likeness (QED) is 0.860. The highest BCUT2D eigenvalue weighted by atomic mass is 32.2. The minimum absolute atomic E-state index is 0.154. The van der Waals surface area contributed by atoms with Crippen molar-refractivity contribution in [3.05, 3.63) is 40.8 Å². The van der Waals surface area contributed by atoms with Crippen molar-refractivity contribution in [3.63, 3.8) is 0 Å². The third-order valence-electron chi connectivity index (χ3n) is 5.18. The summed E-state index contributed by atoms with van der Waals surface area (Å²) in [6.07, 6.45) is 5.02. The van der Waals surface area contributed by atoms with Gasteiger partial charge in [-0.2, -0.15) is 0 Å². The van der Waals surface area contributed by atoms with Crippen molar-refractivity contribution < 1.29 is 13.2 Å². The van der Waals surface area contributed by atoms with Crippen LogP contribution >= 0.6 is 11.3 Å². The highest BCUT2D eigenvalue weighted by Gasteiger charge is 2.32. The molecule has 0 radical (unpaired) electrons. The number of sulfonamides is 1. The van der Waals surface area contributed by atoms with E-state index in [-0.39, 0.29) is 11.8 Å². The van der Waals surface area contributed by atoms with Gasteiger partial charge in [0.05, 0.1) is 0 Å². The van der Waals surface area contributed by atoms with Gasteiger partial charge in [-0.05, 0) is 62.1 Å². The SMILES string of the molecule is Cc1ccc(S(=O)(=O)Nc2ccc3c(c2)CCN3C(=O)C2CCCC2)s1. The Morgan fingerprint density at radius 3 is 2.65 bits per heavy atom. The number of anilines is 2. The molecule has 1 fully saturated rings. The third kappa shape index (κ3) is 3.25. The fourth-order valence-electron chi connectivity index (χ4n) is 3.85. The second kappa shape index (κ2) is 6.70. The lowest BCUT2D eigenvalue weighted by molar-refractivity contribution is -0.122. The lowest BCUT2D eigenvalue weighted by Gasteiger charge is -2.21. The van der Waals surface area contributed by atoms with Gasteiger partial charge in [-0.25, -0.2) is 8.42 Å². The van der Waals surface area contributed by atoms with Gasteiger partial charge in [0.1, 0.15) is 4.21 Å². The standard InChI is InChI=1S/C19H22N2O3S2/c1-13-6-9-18(25-13)26(23,24)20-16-7-8-17-15(12-16)10-11-21(17)19(22)14-4-2-3-5-14/h6-9,12,14,20H,2-5,10-11H2,1H3. The predicted octanol–water partition coefficient (Wildman–Crippen LogP) is 3.94. The van der Waals surface area contributed by atoms with E-state index in [2.05, 4.69) is 4.72 Å². The second-order valence-corrected chi connectivity index (χ2v) is 10.2. The summed E-state index contributed by atoms with van der Waals surface area (Å²) in [7, 11) is -3.56. The highest BCUT2D eigenvalue weighted by molar-refractivity contribution is 7.94. The first kappa shape index (κ1) is 17.5. The predicted molar refractivity (Wildman–Crippen MR) is 104 cm³/mol. The van der Waals surface area contributed by atoms with Crippen LogP contribution in [0.25, 0.3) is 0 Å². The fraction of sp³-hybridized carbons (Fsp3) is 0.421. The molecule has 0 atom stereocenters. The average molecular weight is 391 g/mol. The number of nitrogens with zero attached hydrogens (tertiary/aromatic N) is 1. The average Bonchev–Trinajstić information content (AvgIpc) is 3.34. The molecular formula is C19H22N2O3S2. The third-order valence-corrected chi connectivity index (χ3v) is 8.05. The van der Waals surface area contributed by atoms with Gasteiger partial charge < -0.3 is 4.90 Å². The summed E-state index contributed by atoms with van der Waals surface area (Å²) in [6, 6.07) is 8.89. The number of carbonyl (C=O) groups excluding carboxylic acids is 1. The summed E-state index contributed by atoms with van der Waals surface area (Å²) in [5.41, 5.74) is 2.50. The number of rotatable bonds is 4. The molecule has 1 aliphatic carbocycles. The number of carbonyl (C=O) groups is 1. The van der Waals surface area contributed by atoms with E-state index in [9.17, 15) is 13.2 Å². The highest BCUT2D eigenvalue weighted by Crippen LogP contribution is 2.35. The molecule has 2 aromatic rings. The van der Waals surface area contributed by atoms with Crippen LogP contribution in [0.15, 0.2) is 34.5 Å². The van der Waals surface area contributed by atoms with E-state index in [0.29, 0.717) is 16.4 Å². The Bertz CT molecular complexity index is 943. The van der Waals surface area contributed by atoms with E-state index in [1.165, 1.54) is 11.3 Å². The van der Waals surface area contributed by atoms with Crippen LogP contribution in [-0.4, -0.2) is 20.9 Å². The van der Waals surface area contributed by atoms with Crippen LogP contribution in [0.2, 0.25) is 0 Å². The number of amides is 1. The van der Waals surface area contributed by atoms with Crippen LogP contribution in [0.1, 0.15) is 36.1 Å². The molecule has 1 N–H and O–H groups in total. The number of benzene rings is 1. The zero-order chi connectivity index (χ0) is 18.3. The molecule has 0 bridgehead atoms. The summed E-state index contributed by atoms with van der Waals surface area (Å²) in [5.74, 6) is 0.379. The molecule has 138 valence electrons. The van der Waals surface area contributed by atoms with Crippen molar-refractivity contribution in [3.8, 4) is 0 Å². The number of hydrogen-bond donors (Lipinski definition) is 1. The molecule has 1 aliphatic heterocycles. The molecule has 5 nitrogen and oxygen atoms in total. The zero-order valence-electron chi connectivity index (χ0n) is 14.7. The molecule has 1 aromatic carbocycles. The molecule has 1 amide bonds. The van der Waals surface area contributed by atoms with Crippen LogP contribution in [0.4, 0.5) is 11.4 Å². The van der Waals surface area contributed by atoms with E-state index < -0.39 is 10.0 Å². The molecule has 2 heterocycles. The summed E-state index contributed by atoms with van der Waals surface area (Å²) < 4.78 is 28.0. The molecule has 1 saturated carbocycles. The normalized spacial score (nSPS) is 17.5. The molecule has 1 aromatic heterocycles. The number of hydrogen-bond acceptors (Lipinski definition) is 4. The topological polar surface area (TPSA) is 66.5 Å². The molecule has 0 unspecified atom stereocenters. The van der Waals surface area contributed by atoms with E-state index in [1.54, 1.807) is 18.2 Å². The lowest BCUT2D eigenvalue weighted by atomic mass is 10.1. The van der Waals surface area contributed by atoms with E-state index in [1.807, 2.05) is 24.0 Å². The monoisotopic (exact) mass is 390 g/mol. The number of thiophene rings is 1. The van der Waals surface area contributed by atoms with Crippen molar-refractivity contribution in [2.75, 3.05) is 16.2 Å². The van der Waals surface area contributed by atoms with Crippen molar-refractivity contribution in [1.29, 1.82) is 0 Å². The first-order chi connectivity index (χ1) is 12.4. The second-order valence-electron chi connectivity index (χ2n) is 7.04. The Kier molecular flexibility index (Phi) is 4.52. The van der Waals surface area contributed by atoms with Gasteiger partial charge in [0.2, 0.25) is 5.91 Å². The van der Waals surface area contributed by atoms with Crippen LogP contribution < -0.4 is 9.62 Å². The minimum atomic E-state index is -3.56. The van der Waals surface area contributed by atoms with Gasteiger partial charge in [-0.15, -0.1) is 11.3 Å². The summed E-state index contributed by atoms with van der Waals surface area (Å²) in [4.78, 5) is 15.6. The molecule has 0 spiro atoms. The molecule has 4 rings (SSSR count). The molecule has 0 saturated heterocycles. The summed E-state index contributed by atoms with van der Waals surface area (Å²) in [6.45, 7) is 2.57. The minimum Gasteiger partial charge on any atom is -0.312 e. The fourth-order valence-corrected chi connectivity index (χ4v) is 6.18. The van der Waals surface area contributed by atoms with Crippen molar-refractivity contribution >= 4 is 38.6 Å². The Balaban J connectivity index is 1.54. The van der Waals surface area contributed by atoms with Gasteiger partial charge in [0.25, 0.3) is 10.0 Å². The molecule has 2 aliphatic rings. The number of fused-ring (bicyclic) bond motifs is 1. The van der Waals surface area contributed by atoms with Crippen LogP contribution in [-0.2, 0) is 21.2 Å². The molecular weight excluding hydrogens is 368 g/mol. The van der Waals surface area contributed by atoms with Crippen LogP contribution in [0.3, 0.4) is 0 Å². The smallest absolute Gasteiger partial charge is 0.271 e. The van der Waals surface area contributed by atoms with Gasteiger partial charge in [-0.1, -0.05) is 12.8 Å². The number of aryl methyl sites for hydroxylation is 1. The van der Waals surface area contributed by atoms with E-state index in [0.717, 1.165) is 48.2 Å². The van der Waals surface area contributed by atoms with Gasteiger partial charge >= 0.3 is 0 Å². The molecule has 26 heavy (non-hydrogen) atoms. The maximum atomic E-state index is 12.7. The van der Waals surface area contributed by atoms with Crippen molar-refractivity contribution in [2.45, 2.75) is 43.2 Å². The number of nitrogens with one attached hydrogen (secondary N) is 1. The van der Waals surface area contributed by atoms with E-state index in [4.69, 9.17) is 0 Å². The maximum absolute atomic E-state index is 12.7. The Labute approximate surface area is 158 Å². The first-order valence-electron chi connectivity index (χ1n) is 8.97. The van der Waals surface area contributed by atoms with Crippen LogP contribution in [0.5, 0.6) is 0 Å². The molecule has 7 heteroatoms.